The number of rotatable bonds is 3. The third-order valence-corrected chi connectivity index (χ3v) is 3.44. The Bertz CT molecular complexity index is 330. The molecular weight excluding hydrogens is 248 g/mol. The summed E-state index contributed by atoms with van der Waals surface area (Å²) < 4.78 is 5.24. The molecule has 6 nitrogen and oxygen atoms in total. The molecule has 1 saturated heterocycles. The number of urea groups is 1. The molecule has 2 N–H and O–H groups in total. The average Bonchev–Trinajstić information content (AvgIpc) is 2.34. The van der Waals surface area contributed by atoms with Gasteiger partial charge in [-0.05, 0) is 18.3 Å². The number of carbonyl (C=O) groups excluding carboxylic acids is 1. The van der Waals surface area contributed by atoms with Gasteiger partial charge in [0.1, 0.15) is 6.04 Å². The van der Waals surface area contributed by atoms with Crippen LogP contribution in [0.4, 0.5) is 4.79 Å². The number of aliphatic carboxylic acids is 1. The van der Waals surface area contributed by atoms with Gasteiger partial charge in [-0.15, -0.1) is 0 Å². The molecule has 2 amide bonds. The zero-order valence-electron chi connectivity index (χ0n) is 12.1. The molecule has 0 aromatic heterocycles. The first-order valence-corrected chi connectivity index (χ1v) is 6.56. The van der Waals surface area contributed by atoms with Gasteiger partial charge in [0, 0.05) is 20.2 Å². The molecule has 1 rings (SSSR count). The van der Waals surface area contributed by atoms with Gasteiger partial charge in [-0.2, -0.15) is 0 Å². The lowest BCUT2D eigenvalue weighted by atomic mass is 9.87. The van der Waals surface area contributed by atoms with Crippen molar-refractivity contribution in [1.29, 1.82) is 0 Å². The third-order valence-electron chi connectivity index (χ3n) is 3.44. The zero-order chi connectivity index (χ0) is 14.6. The summed E-state index contributed by atoms with van der Waals surface area (Å²) in [5, 5.41) is 11.8. The van der Waals surface area contributed by atoms with Crippen LogP contribution in [0.5, 0.6) is 0 Å². The fourth-order valence-corrected chi connectivity index (χ4v) is 2.16. The van der Waals surface area contributed by atoms with Crippen molar-refractivity contribution in [2.24, 2.45) is 5.41 Å². The van der Waals surface area contributed by atoms with E-state index in [0.717, 1.165) is 12.8 Å². The highest BCUT2D eigenvalue weighted by molar-refractivity contribution is 5.83. The van der Waals surface area contributed by atoms with Crippen LogP contribution in [0, 0.1) is 5.41 Å². The molecule has 1 fully saturated rings. The SMILES string of the molecule is COC1CCN(C(=O)NC(C(=O)O)C(C)(C)C)CC1. The molecule has 1 aliphatic rings. The van der Waals surface area contributed by atoms with Gasteiger partial charge < -0.3 is 20.1 Å². The largest absolute Gasteiger partial charge is 0.480 e. The summed E-state index contributed by atoms with van der Waals surface area (Å²) in [7, 11) is 1.67. The molecular formula is C13H24N2O4. The van der Waals surface area contributed by atoms with Crippen molar-refractivity contribution in [3.8, 4) is 0 Å². The minimum atomic E-state index is -1.01. The van der Waals surface area contributed by atoms with E-state index in [4.69, 9.17) is 4.74 Å². The molecule has 0 aliphatic carbocycles. The maximum atomic E-state index is 12.1. The predicted molar refractivity (Wildman–Crippen MR) is 71.0 cm³/mol. The van der Waals surface area contributed by atoms with Crippen molar-refractivity contribution in [2.75, 3.05) is 20.2 Å². The van der Waals surface area contributed by atoms with Gasteiger partial charge in [0.25, 0.3) is 0 Å². The van der Waals surface area contributed by atoms with E-state index in [1.54, 1.807) is 32.8 Å². The van der Waals surface area contributed by atoms with Crippen LogP contribution in [0.1, 0.15) is 33.6 Å². The van der Waals surface area contributed by atoms with Gasteiger partial charge in [-0.1, -0.05) is 20.8 Å². The van der Waals surface area contributed by atoms with Crippen LogP contribution in [0.2, 0.25) is 0 Å². The minimum absolute atomic E-state index is 0.196. The number of hydrogen-bond donors (Lipinski definition) is 2. The lowest BCUT2D eigenvalue weighted by molar-refractivity contribution is -0.142. The lowest BCUT2D eigenvalue weighted by Crippen LogP contribution is -2.54. The molecule has 0 spiro atoms. The monoisotopic (exact) mass is 272 g/mol. The van der Waals surface area contributed by atoms with E-state index in [2.05, 4.69) is 5.32 Å². The van der Waals surface area contributed by atoms with Gasteiger partial charge in [0.05, 0.1) is 6.10 Å². The standard InChI is InChI=1S/C13H24N2O4/c1-13(2,3)10(11(16)17)14-12(18)15-7-5-9(19-4)6-8-15/h9-10H,5-8H2,1-4H3,(H,14,18)(H,16,17). The van der Waals surface area contributed by atoms with Crippen LogP contribution in [0.15, 0.2) is 0 Å². The van der Waals surface area contributed by atoms with Gasteiger partial charge in [-0.25, -0.2) is 9.59 Å². The fourth-order valence-electron chi connectivity index (χ4n) is 2.16. The number of hydrogen-bond acceptors (Lipinski definition) is 3. The second-order valence-electron chi connectivity index (χ2n) is 6.01. The summed E-state index contributed by atoms with van der Waals surface area (Å²) in [5.41, 5.74) is -0.521. The maximum Gasteiger partial charge on any atom is 0.326 e. The molecule has 1 unspecified atom stereocenters. The summed E-state index contributed by atoms with van der Waals surface area (Å²) in [4.78, 5) is 24.9. The van der Waals surface area contributed by atoms with Crippen LogP contribution in [0.25, 0.3) is 0 Å². The van der Waals surface area contributed by atoms with E-state index < -0.39 is 17.4 Å². The number of carboxylic acids is 1. The topological polar surface area (TPSA) is 78.9 Å². The number of likely N-dealkylation sites (tertiary alicyclic amines) is 1. The first kappa shape index (κ1) is 15.8. The number of carbonyl (C=O) groups is 2. The van der Waals surface area contributed by atoms with Crippen molar-refractivity contribution in [2.45, 2.75) is 45.8 Å². The van der Waals surface area contributed by atoms with Crippen LogP contribution in [-0.4, -0.2) is 54.4 Å². The van der Waals surface area contributed by atoms with E-state index in [1.165, 1.54) is 0 Å². The molecule has 110 valence electrons. The van der Waals surface area contributed by atoms with E-state index in [1.807, 2.05) is 0 Å². The molecule has 0 radical (unpaired) electrons. The van der Waals surface area contributed by atoms with Gasteiger partial charge in [-0.3, -0.25) is 0 Å². The molecule has 1 aliphatic heterocycles. The number of nitrogens with zero attached hydrogens (tertiary/aromatic N) is 1. The normalized spacial score (nSPS) is 19.1. The Morgan fingerprint density at radius 3 is 2.21 bits per heavy atom. The molecule has 1 heterocycles. The number of amides is 2. The van der Waals surface area contributed by atoms with Crippen LogP contribution < -0.4 is 5.32 Å². The van der Waals surface area contributed by atoms with E-state index >= 15 is 0 Å². The Hall–Kier alpha value is -1.30. The number of carboxylic acid groups (broad SMARTS) is 1. The van der Waals surface area contributed by atoms with E-state index in [-0.39, 0.29) is 12.1 Å². The van der Waals surface area contributed by atoms with Crippen molar-refractivity contribution in [3.63, 3.8) is 0 Å². The summed E-state index contributed by atoms with van der Waals surface area (Å²) in [5.74, 6) is -1.01. The van der Waals surface area contributed by atoms with Gasteiger partial charge >= 0.3 is 12.0 Å². The van der Waals surface area contributed by atoms with E-state index in [0.29, 0.717) is 13.1 Å². The third kappa shape index (κ3) is 4.38. The number of nitrogens with one attached hydrogen (secondary N) is 1. The Balaban J connectivity index is 2.57. The van der Waals surface area contributed by atoms with E-state index in [9.17, 15) is 14.7 Å². The number of piperidine rings is 1. The smallest absolute Gasteiger partial charge is 0.326 e. The highest BCUT2D eigenvalue weighted by atomic mass is 16.5. The second-order valence-corrected chi connectivity index (χ2v) is 6.01. The van der Waals surface area contributed by atoms with Crippen LogP contribution in [-0.2, 0) is 9.53 Å². The molecule has 0 saturated carbocycles. The Morgan fingerprint density at radius 1 is 1.32 bits per heavy atom. The number of methoxy groups -OCH3 is 1. The highest BCUT2D eigenvalue weighted by Crippen LogP contribution is 2.20. The Labute approximate surface area is 114 Å². The summed E-state index contributed by atoms with van der Waals surface area (Å²) >= 11 is 0. The van der Waals surface area contributed by atoms with Crippen LogP contribution >= 0.6 is 0 Å². The summed E-state index contributed by atoms with van der Waals surface area (Å²) in [6.07, 6.45) is 1.77. The molecule has 1 atom stereocenters. The fraction of sp³-hybridized carbons (Fsp3) is 0.846. The molecule has 6 heteroatoms. The molecule has 0 aromatic rings. The maximum absolute atomic E-state index is 12.1. The minimum Gasteiger partial charge on any atom is -0.480 e. The second kappa shape index (κ2) is 6.23. The molecule has 0 aromatic carbocycles. The lowest BCUT2D eigenvalue weighted by Gasteiger charge is -2.34. The van der Waals surface area contributed by atoms with Crippen molar-refractivity contribution < 1.29 is 19.4 Å². The first-order valence-electron chi connectivity index (χ1n) is 6.56. The van der Waals surface area contributed by atoms with Gasteiger partial charge in [0.2, 0.25) is 0 Å². The van der Waals surface area contributed by atoms with Crippen molar-refractivity contribution in [1.82, 2.24) is 10.2 Å². The molecule has 19 heavy (non-hydrogen) atoms. The van der Waals surface area contributed by atoms with Crippen LogP contribution in [0.3, 0.4) is 0 Å². The molecule has 0 bridgehead atoms. The predicted octanol–water partition coefficient (Wildman–Crippen LogP) is 1.31. The first-order chi connectivity index (χ1) is 8.75. The quantitative estimate of drug-likeness (QED) is 0.812. The van der Waals surface area contributed by atoms with Gasteiger partial charge in [0.15, 0.2) is 0 Å². The Kier molecular flexibility index (Phi) is 5.17. The average molecular weight is 272 g/mol. The zero-order valence-corrected chi connectivity index (χ0v) is 12.1. The summed E-state index contributed by atoms with van der Waals surface area (Å²) in [6, 6.07) is -1.20. The Morgan fingerprint density at radius 2 is 1.84 bits per heavy atom. The van der Waals surface area contributed by atoms with Crippen molar-refractivity contribution >= 4 is 12.0 Å². The number of ether oxygens (including phenoxy) is 1. The summed E-state index contributed by atoms with van der Waals surface area (Å²) in [6.45, 7) is 6.58. The van der Waals surface area contributed by atoms with Crippen molar-refractivity contribution in [3.05, 3.63) is 0 Å². The highest BCUT2D eigenvalue weighted by Gasteiger charge is 2.34.